The zero-order valence-corrected chi connectivity index (χ0v) is 25.9. The molecule has 4 aromatic rings. The Morgan fingerprint density at radius 1 is 0.791 bits per heavy atom. The van der Waals surface area contributed by atoms with E-state index in [-0.39, 0.29) is 23.8 Å². The first-order valence-electron chi connectivity index (χ1n) is 14.3. The Labute approximate surface area is 259 Å². The number of halogens is 1. The lowest BCUT2D eigenvalue weighted by Gasteiger charge is -2.34. The number of amides is 2. The van der Waals surface area contributed by atoms with Gasteiger partial charge in [-0.05, 0) is 60.4 Å². The Morgan fingerprint density at radius 3 is 2.00 bits per heavy atom. The quantitative estimate of drug-likeness (QED) is 0.203. The Bertz CT molecular complexity index is 1610. The highest BCUT2D eigenvalue weighted by Gasteiger charge is 2.34. The highest BCUT2D eigenvalue weighted by Crippen LogP contribution is 2.26. The van der Waals surface area contributed by atoms with Crippen molar-refractivity contribution in [2.75, 3.05) is 17.4 Å². The van der Waals surface area contributed by atoms with Gasteiger partial charge in [0.25, 0.3) is 10.0 Å². The fourth-order valence-electron chi connectivity index (χ4n) is 4.80. The second kappa shape index (κ2) is 14.8. The summed E-state index contributed by atoms with van der Waals surface area (Å²) >= 11 is 6.52. The molecule has 0 unspecified atom stereocenters. The molecule has 0 spiro atoms. The van der Waals surface area contributed by atoms with Crippen molar-refractivity contribution in [3.05, 3.63) is 131 Å². The molecule has 0 radical (unpaired) electrons. The smallest absolute Gasteiger partial charge is 0.264 e. The molecule has 0 saturated carbocycles. The molecule has 0 heterocycles. The number of nitrogens with one attached hydrogen (secondary N) is 1. The first-order chi connectivity index (χ1) is 20.7. The largest absolute Gasteiger partial charge is 0.355 e. The topological polar surface area (TPSA) is 86.8 Å². The number of carbonyl (C=O) groups is 2. The standard InChI is InChI=1S/C34H36ClN3O4S/c1-3-26-19-21-29(22-20-26)38(43(41,42)30-16-9-6-10-17-30)25-33(39)37(24-28-15-11-12-18-31(28)35)32(34(40)36-4-2)23-27-13-7-5-8-14-27/h5-22,32H,3-4,23-25H2,1-2H3,(H,36,40)/t32-/m1/s1. The lowest BCUT2D eigenvalue weighted by atomic mass is 10.0. The SMILES string of the molecule is CCNC(=O)[C@@H](Cc1ccccc1)N(Cc1ccccc1Cl)C(=O)CN(c1ccc(CC)cc1)S(=O)(=O)c1ccccc1. The average Bonchev–Trinajstić information content (AvgIpc) is 3.03. The van der Waals surface area contributed by atoms with Crippen LogP contribution in [0.1, 0.15) is 30.5 Å². The molecule has 0 fully saturated rings. The molecule has 1 atom stereocenters. The molecule has 0 aromatic heterocycles. The van der Waals surface area contributed by atoms with E-state index >= 15 is 0 Å². The number of rotatable bonds is 13. The molecule has 2 amide bonds. The Hall–Kier alpha value is -4.14. The highest BCUT2D eigenvalue weighted by molar-refractivity contribution is 7.92. The molecule has 0 saturated heterocycles. The van der Waals surface area contributed by atoms with E-state index in [1.807, 2.05) is 62.4 Å². The summed E-state index contributed by atoms with van der Waals surface area (Å²) in [6, 6.07) is 30.7. The van der Waals surface area contributed by atoms with Gasteiger partial charge in [0, 0.05) is 24.5 Å². The minimum Gasteiger partial charge on any atom is -0.355 e. The second-order valence-electron chi connectivity index (χ2n) is 10.1. The predicted molar refractivity (Wildman–Crippen MR) is 171 cm³/mol. The van der Waals surface area contributed by atoms with Crippen LogP contribution in [0, 0.1) is 0 Å². The van der Waals surface area contributed by atoms with Crippen molar-refractivity contribution in [1.29, 1.82) is 0 Å². The number of nitrogens with zero attached hydrogens (tertiary/aromatic N) is 2. The number of carbonyl (C=O) groups excluding carboxylic acids is 2. The van der Waals surface area contributed by atoms with Gasteiger partial charge >= 0.3 is 0 Å². The Balaban J connectivity index is 1.79. The van der Waals surface area contributed by atoms with Gasteiger partial charge in [-0.3, -0.25) is 13.9 Å². The maximum absolute atomic E-state index is 14.4. The third-order valence-corrected chi connectivity index (χ3v) is 9.32. The minimum absolute atomic E-state index is 0.0150. The van der Waals surface area contributed by atoms with Crippen LogP contribution in [0.2, 0.25) is 5.02 Å². The lowest BCUT2D eigenvalue weighted by Crippen LogP contribution is -2.53. The van der Waals surface area contributed by atoms with Crippen molar-refractivity contribution in [2.24, 2.45) is 0 Å². The molecular weight excluding hydrogens is 582 g/mol. The monoisotopic (exact) mass is 617 g/mol. The van der Waals surface area contributed by atoms with Gasteiger partial charge in [-0.25, -0.2) is 8.42 Å². The molecule has 43 heavy (non-hydrogen) atoms. The number of benzene rings is 4. The summed E-state index contributed by atoms with van der Waals surface area (Å²) < 4.78 is 29.1. The summed E-state index contributed by atoms with van der Waals surface area (Å²) in [5, 5.41) is 3.30. The summed E-state index contributed by atoms with van der Waals surface area (Å²) in [5.74, 6) is -0.873. The fourth-order valence-corrected chi connectivity index (χ4v) is 6.43. The van der Waals surface area contributed by atoms with Crippen molar-refractivity contribution in [2.45, 2.75) is 44.2 Å². The van der Waals surface area contributed by atoms with Crippen LogP contribution in [-0.2, 0) is 39.0 Å². The molecule has 0 aliphatic carbocycles. The Morgan fingerprint density at radius 2 is 1.40 bits per heavy atom. The van der Waals surface area contributed by atoms with Gasteiger partial charge < -0.3 is 10.2 Å². The molecule has 224 valence electrons. The van der Waals surface area contributed by atoms with Crippen molar-refractivity contribution in [3.63, 3.8) is 0 Å². The van der Waals surface area contributed by atoms with E-state index in [1.165, 1.54) is 17.0 Å². The lowest BCUT2D eigenvalue weighted by molar-refractivity contribution is -0.140. The highest BCUT2D eigenvalue weighted by atomic mass is 35.5. The average molecular weight is 618 g/mol. The van der Waals surface area contributed by atoms with Crippen molar-refractivity contribution < 1.29 is 18.0 Å². The third-order valence-electron chi connectivity index (χ3n) is 7.16. The molecule has 1 N–H and O–H groups in total. The molecule has 0 bridgehead atoms. The van der Waals surface area contributed by atoms with Crippen LogP contribution in [-0.4, -0.2) is 44.3 Å². The summed E-state index contributed by atoms with van der Waals surface area (Å²) in [6.45, 7) is 3.69. The van der Waals surface area contributed by atoms with E-state index < -0.39 is 28.5 Å². The minimum atomic E-state index is -4.14. The van der Waals surface area contributed by atoms with Crippen molar-refractivity contribution in [3.8, 4) is 0 Å². The molecule has 7 nitrogen and oxygen atoms in total. The van der Waals surface area contributed by atoms with Gasteiger partial charge in [0.05, 0.1) is 10.6 Å². The molecule has 0 aliphatic rings. The van der Waals surface area contributed by atoms with Crippen LogP contribution < -0.4 is 9.62 Å². The number of hydrogen-bond donors (Lipinski definition) is 1. The van der Waals surface area contributed by atoms with E-state index in [2.05, 4.69) is 5.32 Å². The van der Waals surface area contributed by atoms with Gasteiger partial charge in [0.2, 0.25) is 11.8 Å². The zero-order valence-electron chi connectivity index (χ0n) is 24.3. The van der Waals surface area contributed by atoms with E-state index in [1.54, 1.807) is 48.5 Å². The van der Waals surface area contributed by atoms with Crippen LogP contribution in [0.15, 0.2) is 114 Å². The van der Waals surface area contributed by atoms with Crippen LogP contribution in [0.25, 0.3) is 0 Å². The normalized spacial score (nSPS) is 11.9. The van der Waals surface area contributed by atoms with Gasteiger partial charge in [0.1, 0.15) is 12.6 Å². The van der Waals surface area contributed by atoms with E-state index in [4.69, 9.17) is 11.6 Å². The summed E-state index contributed by atoms with van der Waals surface area (Å²) in [5.41, 5.74) is 2.89. The number of likely N-dealkylation sites (N-methyl/N-ethyl adjacent to an activating group) is 1. The van der Waals surface area contributed by atoms with E-state index in [0.717, 1.165) is 21.9 Å². The fraction of sp³-hybridized carbons (Fsp3) is 0.235. The van der Waals surface area contributed by atoms with E-state index in [0.29, 0.717) is 22.8 Å². The number of anilines is 1. The number of aryl methyl sites for hydroxylation is 1. The summed E-state index contributed by atoms with van der Waals surface area (Å²) in [7, 11) is -4.14. The first kappa shape index (κ1) is 31.8. The summed E-state index contributed by atoms with van der Waals surface area (Å²) in [6.07, 6.45) is 1.02. The number of sulfonamides is 1. The van der Waals surface area contributed by atoms with Gasteiger partial charge in [0.15, 0.2) is 0 Å². The number of hydrogen-bond acceptors (Lipinski definition) is 4. The Kier molecular flexibility index (Phi) is 11.0. The molecule has 4 aromatic carbocycles. The third kappa shape index (κ3) is 8.03. The van der Waals surface area contributed by atoms with Crippen LogP contribution in [0.4, 0.5) is 5.69 Å². The maximum atomic E-state index is 14.4. The van der Waals surface area contributed by atoms with Gasteiger partial charge in [-0.15, -0.1) is 0 Å². The second-order valence-corrected chi connectivity index (χ2v) is 12.3. The van der Waals surface area contributed by atoms with E-state index in [9.17, 15) is 18.0 Å². The first-order valence-corrected chi connectivity index (χ1v) is 16.1. The van der Waals surface area contributed by atoms with Crippen LogP contribution in [0.5, 0.6) is 0 Å². The van der Waals surface area contributed by atoms with Crippen LogP contribution in [0.3, 0.4) is 0 Å². The molecular formula is C34H36ClN3O4S. The van der Waals surface area contributed by atoms with Gasteiger partial charge in [-0.1, -0.05) is 97.4 Å². The predicted octanol–water partition coefficient (Wildman–Crippen LogP) is 5.87. The summed E-state index contributed by atoms with van der Waals surface area (Å²) in [4.78, 5) is 29.4. The molecule has 4 rings (SSSR count). The zero-order chi connectivity index (χ0) is 30.8. The van der Waals surface area contributed by atoms with Crippen LogP contribution >= 0.6 is 11.6 Å². The van der Waals surface area contributed by atoms with Crippen molar-refractivity contribution in [1.82, 2.24) is 10.2 Å². The maximum Gasteiger partial charge on any atom is 0.264 e. The van der Waals surface area contributed by atoms with Gasteiger partial charge in [-0.2, -0.15) is 0 Å². The molecule has 0 aliphatic heterocycles. The van der Waals surface area contributed by atoms with Crippen molar-refractivity contribution >= 4 is 39.1 Å². The molecule has 9 heteroatoms.